The van der Waals surface area contributed by atoms with Gasteiger partial charge in [0.05, 0.1) is 38.6 Å². The Labute approximate surface area is 275 Å². The number of methoxy groups -OCH3 is 1. The van der Waals surface area contributed by atoms with Gasteiger partial charge in [-0.3, -0.25) is 4.79 Å². The predicted molar refractivity (Wildman–Crippen MR) is 157 cm³/mol. The van der Waals surface area contributed by atoms with E-state index in [0.29, 0.717) is 6.42 Å². The molecule has 2 saturated heterocycles. The molecule has 268 valence electrons. The number of hydrogen-bond acceptors (Lipinski definition) is 17. The predicted octanol–water partition coefficient (Wildman–Crippen LogP) is -2.52. The van der Waals surface area contributed by atoms with Crippen molar-refractivity contribution in [2.75, 3.05) is 26.9 Å². The third kappa shape index (κ3) is 8.68. The Morgan fingerprint density at radius 2 is 1.50 bits per heavy atom. The monoisotopic (exact) mass is 686 g/mol. The highest BCUT2D eigenvalue weighted by Crippen LogP contribution is 2.36. The van der Waals surface area contributed by atoms with Crippen LogP contribution in [0.25, 0.3) is 0 Å². The first-order valence-electron chi connectivity index (χ1n) is 15.2. The molecule has 3 heterocycles. The standard InChI is InChI=1S/C31H42O17/c1-3-16-17(18(28(41)42-2)12-45-29(16)48-31-27(40)24(37)22(35)19(11-32)46-31)10-21(34)44-13-20-23(36)25(38)26(39)30(47-20)43-9-8-14-4-6-15(33)7-5-14/h3-7,12,17,19-20,22-27,29-33,35-40H,8-11,13H2,1-2H3/t17-,19+,20+,22+,23+,24-,25-,26+,27+,29+,30+,31-/m0/s1. The number of aliphatic hydroxyl groups excluding tert-OH is 7. The van der Waals surface area contributed by atoms with E-state index in [9.17, 15) is 50.4 Å². The van der Waals surface area contributed by atoms with E-state index in [2.05, 4.69) is 0 Å². The van der Waals surface area contributed by atoms with Crippen LogP contribution in [-0.2, 0) is 49.2 Å². The van der Waals surface area contributed by atoms with Crippen molar-refractivity contribution in [3.8, 4) is 5.75 Å². The number of ether oxygens (including phenoxy) is 7. The van der Waals surface area contributed by atoms with E-state index in [1.54, 1.807) is 19.1 Å². The fourth-order valence-corrected chi connectivity index (χ4v) is 5.47. The molecule has 4 rings (SSSR count). The molecule has 0 spiro atoms. The molecule has 1 aromatic carbocycles. The average molecular weight is 687 g/mol. The summed E-state index contributed by atoms with van der Waals surface area (Å²) in [6.45, 7) is 0.335. The summed E-state index contributed by atoms with van der Waals surface area (Å²) in [5, 5.41) is 80.8. The smallest absolute Gasteiger partial charge is 0.337 e. The molecular weight excluding hydrogens is 644 g/mol. The molecule has 0 amide bonds. The van der Waals surface area contributed by atoms with E-state index in [0.717, 1.165) is 18.9 Å². The molecule has 17 nitrogen and oxygen atoms in total. The Bertz CT molecular complexity index is 1280. The van der Waals surface area contributed by atoms with E-state index < -0.39 is 105 Å². The van der Waals surface area contributed by atoms with Gasteiger partial charge in [-0.05, 0) is 31.0 Å². The number of phenolic OH excluding ortho intramolecular Hbond substituents is 1. The molecule has 0 saturated carbocycles. The van der Waals surface area contributed by atoms with Gasteiger partial charge < -0.3 is 74.0 Å². The largest absolute Gasteiger partial charge is 0.508 e. The maximum atomic E-state index is 13.1. The molecule has 8 N–H and O–H groups in total. The second kappa shape index (κ2) is 17.0. The van der Waals surface area contributed by atoms with Crippen molar-refractivity contribution < 1.29 is 83.6 Å². The topological polar surface area (TPSA) is 261 Å². The van der Waals surface area contributed by atoms with Crippen LogP contribution in [0.3, 0.4) is 0 Å². The molecule has 0 aliphatic carbocycles. The van der Waals surface area contributed by atoms with Gasteiger partial charge in [-0.1, -0.05) is 18.2 Å². The minimum atomic E-state index is -1.75. The molecule has 1 aromatic rings. The highest BCUT2D eigenvalue weighted by molar-refractivity contribution is 5.90. The van der Waals surface area contributed by atoms with Crippen LogP contribution >= 0.6 is 0 Å². The van der Waals surface area contributed by atoms with Crippen molar-refractivity contribution in [3.05, 3.63) is 53.3 Å². The number of phenols is 1. The van der Waals surface area contributed by atoms with E-state index in [1.807, 2.05) is 0 Å². The number of benzene rings is 1. The number of hydrogen-bond donors (Lipinski definition) is 8. The van der Waals surface area contributed by atoms with Crippen LogP contribution in [0, 0.1) is 5.92 Å². The lowest BCUT2D eigenvalue weighted by molar-refractivity contribution is -0.327. The summed E-state index contributed by atoms with van der Waals surface area (Å²) in [6.07, 6.45) is -14.6. The van der Waals surface area contributed by atoms with Crippen LogP contribution in [0.2, 0.25) is 0 Å². The maximum Gasteiger partial charge on any atom is 0.337 e. The van der Waals surface area contributed by atoms with Crippen molar-refractivity contribution in [1.29, 1.82) is 0 Å². The lowest BCUT2D eigenvalue weighted by atomic mass is 9.86. The molecule has 2 fully saturated rings. The van der Waals surface area contributed by atoms with Gasteiger partial charge in [0.1, 0.15) is 61.2 Å². The number of aromatic hydroxyl groups is 1. The Hall–Kier alpha value is -3.20. The van der Waals surface area contributed by atoms with Crippen molar-refractivity contribution in [1.82, 2.24) is 0 Å². The van der Waals surface area contributed by atoms with Crippen LogP contribution in [0.1, 0.15) is 18.9 Å². The van der Waals surface area contributed by atoms with Gasteiger partial charge in [-0.2, -0.15) is 0 Å². The first kappa shape index (κ1) is 37.6. The first-order chi connectivity index (χ1) is 22.9. The number of esters is 2. The zero-order valence-electron chi connectivity index (χ0n) is 26.2. The Kier molecular flexibility index (Phi) is 13.3. The highest BCUT2D eigenvalue weighted by Gasteiger charge is 2.48. The zero-order chi connectivity index (χ0) is 35.1. The second-order valence-corrected chi connectivity index (χ2v) is 11.4. The van der Waals surface area contributed by atoms with Gasteiger partial charge in [0.15, 0.2) is 12.6 Å². The fourth-order valence-electron chi connectivity index (χ4n) is 5.47. The van der Waals surface area contributed by atoms with Gasteiger partial charge in [0.25, 0.3) is 0 Å². The van der Waals surface area contributed by atoms with Gasteiger partial charge >= 0.3 is 11.9 Å². The van der Waals surface area contributed by atoms with Gasteiger partial charge in [-0.15, -0.1) is 0 Å². The molecule has 0 aromatic heterocycles. The number of rotatable bonds is 12. The summed E-state index contributed by atoms with van der Waals surface area (Å²) < 4.78 is 38.0. The van der Waals surface area contributed by atoms with Crippen LogP contribution in [-0.4, -0.2) is 147 Å². The minimum absolute atomic E-state index is 0.0483. The fraction of sp³-hybridized carbons (Fsp3) is 0.613. The van der Waals surface area contributed by atoms with Crippen LogP contribution in [0.4, 0.5) is 0 Å². The van der Waals surface area contributed by atoms with Crippen LogP contribution < -0.4 is 0 Å². The summed E-state index contributed by atoms with van der Waals surface area (Å²) >= 11 is 0. The molecule has 17 heteroatoms. The number of carbonyl (C=O) groups is 2. The Balaban J connectivity index is 1.39. The normalized spacial score (nSPS) is 36.2. The summed E-state index contributed by atoms with van der Waals surface area (Å²) in [6, 6.07) is 6.37. The summed E-state index contributed by atoms with van der Waals surface area (Å²) in [4.78, 5) is 25.7. The van der Waals surface area contributed by atoms with Gasteiger partial charge in [0, 0.05) is 11.5 Å². The minimum Gasteiger partial charge on any atom is -0.508 e. The summed E-state index contributed by atoms with van der Waals surface area (Å²) in [7, 11) is 1.12. The Morgan fingerprint density at radius 3 is 2.12 bits per heavy atom. The summed E-state index contributed by atoms with van der Waals surface area (Å²) in [5.41, 5.74) is 0.922. The molecule has 3 aliphatic heterocycles. The van der Waals surface area contributed by atoms with Crippen molar-refractivity contribution in [3.63, 3.8) is 0 Å². The molecule has 12 atom stereocenters. The SMILES string of the molecule is CC=C1[C@@H](O[C@@H]2O[C@H](CO)[C@@H](O)[C@H](O)[C@H]2O)OC=C(C(=O)OC)[C@H]1CC(=O)OC[C@H]1O[C@@H](OCCc2ccc(O)cc2)[C@H](O)[C@@H](O)[C@@H]1O. The highest BCUT2D eigenvalue weighted by atomic mass is 16.8. The number of carbonyl (C=O) groups excluding carboxylic acids is 2. The van der Waals surface area contributed by atoms with Crippen molar-refractivity contribution in [2.24, 2.45) is 5.92 Å². The lowest BCUT2D eigenvalue weighted by Gasteiger charge is -2.42. The first-order valence-corrected chi connectivity index (χ1v) is 15.2. The third-order valence-corrected chi connectivity index (χ3v) is 8.29. The molecule has 3 aliphatic rings. The maximum absolute atomic E-state index is 13.1. The third-order valence-electron chi connectivity index (χ3n) is 8.29. The van der Waals surface area contributed by atoms with Gasteiger partial charge in [0.2, 0.25) is 6.29 Å². The molecular formula is C31H42O17. The molecule has 0 bridgehead atoms. The van der Waals surface area contributed by atoms with Crippen molar-refractivity contribution in [2.45, 2.75) is 87.5 Å². The second-order valence-electron chi connectivity index (χ2n) is 11.4. The van der Waals surface area contributed by atoms with E-state index >= 15 is 0 Å². The molecule has 48 heavy (non-hydrogen) atoms. The Morgan fingerprint density at radius 1 is 0.875 bits per heavy atom. The quantitative estimate of drug-likeness (QED) is 0.0834. The lowest BCUT2D eigenvalue weighted by Crippen LogP contribution is -2.60. The zero-order valence-corrected chi connectivity index (χ0v) is 26.2. The summed E-state index contributed by atoms with van der Waals surface area (Å²) in [5.74, 6) is -2.69. The average Bonchev–Trinajstić information content (AvgIpc) is 3.08. The van der Waals surface area contributed by atoms with E-state index in [4.69, 9.17) is 33.2 Å². The van der Waals surface area contributed by atoms with Crippen LogP contribution in [0.5, 0.6) is 5.75 Å². The molecule has 0 unspecified atom stereocenters. The van der Waals surface area contributed by atoms with Crippen LogP contribution in [0.15, 0.2) is 47.7 Å². The van der Waals surface area contributed by atoms with E-state index in [1.165, 1.54) is 18.2 Å². The number of aliphatic hydroxyl groups is 7. The van der Waals surface area contributed by atoms with Gasteiger partial charge in [-0.25, -0.2) is 4.79 Å². The van der Waals surface area contributed by atoms with Crippen molar-refractivity contribution >= 4 is 11.9 Å². The van der Waals surface area contributed by atoms with E-state index in [-0.39, 0.29) is 23.5 Å². The number of allylic oxidation sites excluding steroid dienone is 1. The molecule has 0 radical (unpaired) electrons.